The average Bonchev–Trinajstić information content (AvgIpc) is 3.51. The van der Waals surface area contributed by atoms with Crippen molar-refractivity contribution in [3.8, 4) is 5.75 Å². The zero-order valence-electron chi connectivity index (χ0n) is 19.6. The lowest BCUT2D eigenvalue weighted by Gasteiger charge is -2.23. The summed E-state index contributed by atoms with van der Waals surface area (Å²) in [6.07, 6.45) is 2.14. The Morgan fingerprint density at radius 3 is 2.44 bits per heavy atom. The number of rotatable bonds is 8. The van der Waals surface area contributed by atoms with Crippen LogP contribution in [-0.2, 0) is 22.6 Å². The van der Waals surface area contributed by atoms with Crippen molar-refractivity contribution in [2.45, 2.75) is 38.5 Å². The van der Waals surface area contributed by atoms with Crippen molar-refractivity contribution in [3.63, 3.8) is 0 Å². The molecule has 0 radical (unpaired) electrons. The third kappa shape index (κ3) is 5.43. The molecule has 178 valence electrons. The van der Waals surface area contributed by atoms with Crippen LogP contribution in [-0.4, -0.2) is 58.6 Å². The highest BCUT2D eigenvalue weighted by Crippen LogP contribution is 2.29. The molecular formula is C25H29N5O4. The number of carbonyl (C=O) groups is 2. The molecule has 1 amide bonds. The molecule has 2 aromatic carbocycles. The van der Waals surface area contributed by atoms with E-state index in [0.29, 0.717) is 26.1 Å². The van der Waals surface area contributed by atoms with Crippen molar-refractivity contribution >= 4 is 11.9 Å². The Labute approximate surface area is 198 Å². The highest BCUT2D eigenvalue weighted by molar-refractivity contribution is 5.86. The maximum Gasteiger partial charge on any atom is 0.360 e. The second kappa shape index (κ2) is 10.5. The number of nitrogens with zero attached hydrogens (tertiary/aromatic N) is 4. The van der Waals surface area contributed by atoms with Gasteiger partial charge >= 0.3 is 5.97 Å². The number of amides is 1. The third-order valence-electron chi connectivity index (χ3n) is 6.10. The van der Waals surface area contributed by atoms with Crippen LogP contribution in [0.2, 0.25) is 0 Å². The van der Waals surface area contributed by atoms with Crippen LogP contribution in [0.15, 0.2) is 54.7 Å². The molecule has 0 unspecified atom stereocenters. The molecule has 9 nitrogen and oxygen atoms in total. The number of aromatic nitrogens is 3. The molecule has 3 aromatic rings. The van der Waals surface area contributed by atoms with Gasteiger partial charge in [-0.05, 0) is 36.6 Å². The van der Waals surface area contributed by atoms with Gasteiger partial charge in [-0.1, -0.05) is 47.2 Å². The summed E-state index contributed by atoms with van der Waals surface area (Å²) in [5.74, 6) is 0.199. The number of benzene rings is 2. The molecule has 1 aliphatic rings. The van der Waals surface area contributed by atoms with Gasteiger partial charge in [0.05, 0.1) is 32.5 Å². The van der Waals surface area contributed by atoms with Crippen LogP contribution in [0.25, 0.3) is 0 Å². The van der Waals surface area contributed by atoms with E-state index in [1.807, 2.05) is 24.3 Å². The highest BCUT2D eigenvalue weighted by atomic mass is 16.5. The maximum atomic E-state index is 13.2. The first-order valence-corrected chi connectivity index (χ1v) is 11.2. The van der Waals surface area contributed by atoms with Gasteiger partial charge in [0, 0.05) is 19.6 Å². The van der Waals surface area contributed by atoms with Gasteiger partial charge in [0.15, 0.2) is 5.69 Å². The van der Waals surface area contributed by atoms with Crippen molar-refractivity contribution in [1.82, 2.24) is 25.2 Å². The number of nitrogens with one attached hydrogen (secondary N) is 1. The van der Waals surface area contributed by atoms with Crippen LogP contribution in [0.4, 0.5) is 0 Å². The minimum absolute atomic E-state index is 0.0428. The number of ether oxygens (including phenoxy) is 2. The van der Waals surface area contributed by atoms with E-state index in [1.54, 1.807) is 18.0 Å². The quantitative estimate of drug-likeness (QED) is 0.513. The molecule has 1 aromatic heterocycles. The fourth-order valence-corrected chi connectivity index (χ4v) is 4.15. The Hall–Kier alpha value is -3.72. The predicted octanol–water partition coefficient (Wildman–Crippen LogP) is 2.51. The van der Waals surface area contributed by atoms with E-state index in [9.17, 15) is 9.59 Å². The Morgan fingerprint density at radius 2 is 1.76 bits per heavy atom. The molecule has 2 heterocycles. The summed E-state index contributed by atoms with van der Waals surface area (Å²) < 4.78 is 11.6. The van der Waals surface area contributed by atoms with Crippen molar-refractivity contribution in [2.75, 3.05) is 20.8 Å². The number of hydrogen-bond donors (Lipinski definition) is 1. The number of methoxy groups -OCH3 is 2. The van der Waals surface area contributed by atoms with Gasteiger partial charge < -0.3 is 14.8 Å². The van der Waals surface area contributed by atoms with E-state index in [1.165, 1.54) is 12.7 Å². The molecule has 9 heteroatoms. The topological polar surface area (TPSA) is 98.6 Å². The van der Waals surface area contributed by atoms with Crippen molar-refractivity contribution in [3.05, 3.63) is 77.1 Å². The fraction of sp³-hybridized carbons (Fsp3) is 0.360. The number of carbonyl (C=O) groups excluding carboxylic acids is 2. The van der Waals surface area contributed by atoms with Crippen LogP contribution >= 0.6 is 0 Å². The summed E-state index contributed by atoms with van der Waals surface area (Å²) in [5.41, 5.74) is 3.47. The first-order valence-electron chi connectivity index (χ1n) is 11.2. The molecule has 1 saturated heterocycles. The first kappa shape index (κ1) is 23.4. The van der Waals surface area contributed by atoms with Crippen LogP contribution in [0.1, 0.15) is 39.6 Å². The van der Waals surface area contributed by atoms with Crippen LogP contribution in [0.5, 0.6) is 5.75 Å². The molecule has 0 saturated carbocycles. The Kier molecular flexibility index (Phi) is 7.22. The van der Waals surface area contributed by atoms with E-state index < -0.39 is 5.97 Å². The second-order valence-corrected chi connectivity index (χ2v) is 8.46. The van der Waals surface area contributed by atoms with Gasteiger partial charge in [-0.15, -0.1) is 5.10 Å². The summed E-state index contributed by atoms with van der Waals surface area (Å²) in [6.45, 7) is 3.72. The van der Waals surface area contributed by atoms with Crippen LogP contribution in [0, 0.1) is 6.92 Å². The molecule has 4 rings (SSSR count). The van der Waals surface area contributed by atoms with Gasteiger partial charge in [-0.3, -0.25) is 9.69 Å². The van der Waals surface area contributed by atoms with Gasteiger partial charge in [0.1, 0.15) is 5.75 Å². The number of esters is 1. The molecule has 0 spiro atoms. The lowest BCUT2D eigenvalue weighted by Crippen LogP contribution is -2.42. The SMILES string of the molecule is COC(=O)c1cn([C@H]2C[C@@H](C(=O)NCc3ccc(OC)cc3)N(Cc3ccc(C)cc3)C2)nn1. The van der Waals surface area contributed by atoms with Crippen molar-refractivity contribution in [2.24, 2.45) is 0 Å². The predicted molar refractivity (Wildman–Crippen MR) is 125 cm³/mol. The lowest BCUT2D eigenvalue weighted by atomic mass is 10.1. The summed E-state index contributed by atoms with van der Waals surface area (Å²) in [6, 6.07) is 15.5. The molecular weight excluding hydrogens is 434 g/mol. The smallest absolute Gasteiger partial charge is 0.360 e. The molecule has 0 aliphatic carbocycles. The zero-order valence-corrected chi connectivity index (χ0v) is 19.6. The third-order valence-corrected chi connectivity index (χ3v) is 6.10. The first-order chi connectivity index (χ1) is 16.5. The summed E-state index contributed by atoms with van der Waals surface area (Å²) in [4.78, 5) is 27.2. The molecule has 2 atom stereocenters. The summed E-state index contributed by atoms with van der Waals surface area (Å²) >= 11 is 0. The largest absolute Gasteiger partial charge is 0.497 e. The van der Waals surface area contributed by atoms with E-state index in [4.69, 9.17) is 9.47 Å². The highest BCUT2D eigenvalue weighted by Gasteiger charge is 2.38. The van der Waals surface area contributed by atoms with Gasteiger partial charge in [-0.25, -0.2) is 9.48 Å². The van der Waals surface area contributed by atoms with Crippen molar-refractivity contribution < 1.29 is 19.1 Å². The fourth-order valence-electron chi connectivity index (χ4n) is 4.15. The van der Waals surface area contributed by atoms with Crippen LogP contribution in [0.3, 0.4) is 0 Å². The normalized spacial score (nSPS) is 18.0. The Balaban J connectivity index is 1.48. The molecule has 1 fully saturated rings. The van der Waals surface area contributed by atoms with Gasteiger partial charge in [0.25, 0.3) is 0 Å². The van der Waals surface area contributed by atoms with E-state index in [0.717, 1.165) is 16.9 Å². The molecule has 34 heavy (non-hydrogen) atoms. The number of hydrogen-bond acceptors (Lipinski definition) is 7. The second-order valence-electron chi connectivity index (χ2n) is 8.46. The zero-order chi connectivity index (χ0) is 24.1. The maximum absolute atomic E-state index is 13.2. The van der Waals surface area contributed by atoms with E-state index in [2.05, 4.69) is 51.7 Å². The van der Waals surface area contributed by atoms with Gasteiger partial charge in [0.2, 0.25) is 5.91 Å². The van der Waals surface area contributed by atoms with E-state index >= 15 is 0 Å². The monoisotopic (exact) mass is 463 g/mol. The van der Waals surface area contributed by atoms with E-state index in [-0.39, 0.29) is 23.7 Å². The minimum Gasteiger partial charge on any atom is -0.497 e. The lowest BCUT2D eigenvalue weighted by molar-refractivity contribution is -0.125. The molecule has 0 bridgehead atoms. The molecule has 1 N–H and O–H groups in total. The Bertz CT molecular complexity index is 1130. The minimum atomic E-state index is -0.533. The Morgan fingerprint density at radius 1 is 1.06 bits per heavy atom. The van der Waals surface area contributed by atoms with Crippen molar-refractivity contribution in [1.29, 1.82) is 0 Å². The number of likely N-dealkylation sites (tertiary alicyclic amines) is 1. The van der Waals surface area contributed by atoms with Gasteiger partial charge in [-0.2, -0.15) is 0 Å². The summed E-state index contributed by atoms with van der Waals surface area (Å²) in [7, 11) is 2.93. The molecule has 1 aliphatic heterocycles. The standard InChI is InChI=1S/C25H29N5O4/c1-17-4-6-19(7-5-17)14-29-15-20(30-16-22(27-28-30)25(32)34-3)12-23(29)24(31)26-13-18-8-10-21(33-2)11-9-18/h4-11,16,20,23H,12-15H2,1-3H3,(H,26,31)/t20-,23-/m0/s1. The number of aryl methyl sites for hydroxylation is 1. The summed E-state index contributed by atoms with van der Waals surface area (Å²) in [5, 5.41) is 11.1. The average molecular weight is 464 g/mol. The van der Waals surface area contributed by atoms with Crippen LogP contribution < -0.4 is 10.1 Å².